The molecule has 0 saturated carbocycles. The highest BCUT2D eigenvalue weighted by atomic mass is 19.1. The second-order valence-corrected chi connectivity index (χ2v) is 8.76. The summed E-state index contributed by atoms with van der Waals surface area (Å²) in [5.74, 6) is -2.61. The van der Waals surface area contributed by atoms with Gasteiger partial charge in [0.25, 0.3) is 11.8 Å². The van der Waals surface area contributed by atoms with Crippen LogP contribution in [0.15, 0.2) is 71.3 Å². The second-order valence-electron chi connectivity index (χ2n) is 8.76. The van der Waals surface area contributed by atoms with Crippen LogP contribution in [0, 0.1) is 11.6 Å². The molecular formula is C30H26F2N2O5. The fraction of sp³-hybridized carbons (Fsp3) is 0.167. The first kappa shape index (κ1) is 27.3. The third-order valence-corrected chi connectivity index (χ3v) is 6.28. The number of amides is 2. The van der Waals surface area contributed by atoms with Crippen molar-refractivity contribution in [3.05, 3.63) is 95.2 Å². The molecule has 0 aliphatic heterocycles. The van der Waals surface area contributed by atoms with E-state index >= 15 is 0 Å². The summed E-state index contributed by atoms with van der Waals surface area (Å²) in [5, 5.41) is 5.57. The number of esters is 1. The largest absolute Gasteiger partial charge is 0.469 e. The Balaban J connectivity index is 1.97. The molecule has 0 saturated heterocycles. The molecule has 0 fully saturated rings. The fourth-order valence-electron chi connectivity index (χ4n) is 4.17. The number of hydrogen-bond donors (Lipinski definition) is 2. The molecule has 0 aliphatic rings. The van der Waals surface area contributed by atoms with Gasteiger partial charge in [0.2, 0.25) is 0 Å². The van der Waals surface area contributed by atoms with Crippen LogP contribution in [0.5, 0.6) is 0 Å². The van der Waals surface area contributed by atoms with Crippen molar-refractivity contribution in [2.45, 2.75) is 19.8 Å². The lowest BCUT2D eigenvalue weighted by molar-refractivity contribution is -0.139. The summed E-state index contributed by atoms with van der Waals surface area (Å²) in [5.41, 5.74) is 2.55. The molecule has 0 spiro atoms. The summed E-state index contributed by atoms with van der Waals surface area (Å²) in [4.78, 5) is 38.0. The number of fused-ring (bicyclic) bond motifs is 1. The zero-order valence-electron chi connectivity index (χ0n) is 21.6. The Morgan fingerprint density at radius 3 is 2.31 bits per heavy atom. The molecule has 4 rings (SSSR count). The number of furan rings is 1. The van der Waals surface area contributed by atoms with Gasteiger partial charge in [-0.25, -0.2) is 8.78 Å². The first-order chi connectivity index (χ1) is 18.7. The average Bonchev–Trinajstić information content (AvgIpc) is 3.30. The van der Waals surface area contributed by atoms with E-state index in [-0.39, 0.29) is 23.3 Å². The minimum atomic E-state index is -0.733. The lowest BCUT2D eigenvalue weighted by Crippen LogP contribution is -2.23. The van der Waals surface area contributed by atoms with Gasteiger partial charge in [0, 0.05) is 23.7 Å². The van der Waals surface area contributed by atoms with Crippen LogP contribution < -0.4 is 10.6 Å². The van der Waals surface area contributed by atoms with Crippen LogP contribution in [0.4, 0.5) is 8.78 Å². The highest BCUT2D eigenvalue weighted by molar-refractivity contribution is 6.12. The molecule has 0 radical (unpaired) electrons. The highest BCUT2D eigenvalue weighted by Crippen LogP contribution is 2.38. The molecule has 200 valence electrons. The smallest absolute Gasteiger partial charge is 0.310 e. The van der Waals surface area contributed by atoms with Crippen LogP contribution in [0.25, 0.3) is 33.4 Å². The van der Waals surface area contributed by atoms with Crippen molar-refractivity contribution < 1.29 is 32.3 Å². The van der Waals surface area contributed by atoms with Crippen LogP contribution in [0.3, 0.4) is 0 Å². The molecule has 4 aromatic rings. The number of halogens is 2. The van der Waals surface area contributed by atoms with E-state index in [2.05, 4.69) is 17.2 Å². The molecule has 3 aromatic carbocycles. The molecule has 9 heteroatoms. The number of benzene rings is 3. The highest BCUT2D eigenvalue weighted by Gasteiger charge is 2.25. The molecule has 2 N–H and O–H groups in total. The molecule has 2 amide bonds. The van der Waals surface area contributed by atoms with Crippen LogP contribution in [-0.2, 0) is 16.0 Å². The Kier molecular flexibility index (Phi) is 7.90. The Morgan fingerprint density at radius 1 is 0.974 bits per heavy atom. The van der Waals surface area contributed by atoms with E-state index in [1.165, 1.54) is 50.6 Å². The third kappa shape index (κ3) is 5.57. The van der Waals surface area contributed by atoms with Gasteiger partial charge in [-0.3, -0.25) is 14.4 Å². The van der Waals surface area contributed by atoms with Gasteiger partial charge in [-0.2, -0.15) is 0 Å². The molecule has 0 aliphatic carbocycles. The maximum absolute atomic E-state index is 14.7. The molecule has 7 nitrogen and oxygen atoms in total. The Labute approximate surface area is 223 Å². The van der Waals surface area contributed by atoms with Gasteiger partial charge in [-0.1, -0.05) is 19.6 Å². The van der Waals surface area contributed by atoms with Gasteiger partial charge in [-0.15, -0.1) is 0 Å². The number of methoxy groups -OCH3 is 1. The van der Waals surface area contributed by atoms with Crippen molar-refractivity contribution in [2.75, 3.05) is 14.2 Å². The van der Waals surface area contributed by atoms with Crippen molar-refractivity contribution in [2.24, 2.45) is 0 Å². The monoisotopic (exact) mass is 532 g/mol. The first-order valence-corrected chi connectivity index (χ1v) is 12.1. The van der Waals surface area contributed by atoms with Crippen molar-refractivity contribution >= 4 is 28.8 Å². The van der Waals surface area contributed by atoms with Crippen LogP contribution in [0.1, 0.15) is 39.6 Å². The number of carbonyl (C=O) groups is 3. The molecule has 1 heterocycles. The molecule has 0 atom stereocenters. The minimum absolute atomic E-state index is 0.158. The summed E-state index contributed by atoms with van der Waals surface area (Å²) in [6.07, 6.45) is 0.321. The van der Waals surface area contributed by atoms with Gasteiger partial charge >= 0.3 is 5.97 Å². The Bertz CT molecular complexity index is 1610. The summed E-state index contributed by atoms with van der Waals surface area (Å²) in [7, 11) is 2.72. The normalized spacial score (nSPS) is 10.8. The number of rotatable bonds is 8. The van der Waals surface area contributed by atoms with E-state index in [0.29, 0.717) is 45.3 Å². The zero-order chi connectivity index (χ0) is 28.3. The van der Waals surface area contributed by atoms with Crippen LogP contribution in [-0.4, -0.2) is 31.9 Å². The topological polar surface area (TPSA) is 97.6 Å². The summed E-state index contributed by atoms with van der Waals surface area (Å²) in [6, 6.07) is 12.7. The van der Waals surface area contributed by atoms with E-state index in [4.69, 9.17) is 9.15 Å². The SMILES string of the molecule is C=C(CC)NC(=O)c1cc(-c2cc3c(C(=O)NC)c(-c4ccc(F)cc4)oc3cc2CC(=O)OC)ccc1F. The maximum Gasteiger partial charge on any atom is 0.310 e. The standard InChI is InChI=1S/C30H26F2N2O5/c1-5-16(2)34-29(36)22-12-18(8-11-24(22)32)21-15-23-25(13-19(21)14-26(35)38-4)39-28(27(23)30(37)33-3)17-6-9-20(31)10-7-17/h6-13,15H,2,5,14H2,1,3-4H3,(H,33,37)(H,34,36). The lowest BCUT2D eigenvalue weighted by Gasteiger charge is -2.13. The average molecular weight is 533 g/mol. The van der Waals surface area contributed by atoms with Crippen LogP contribution >= 0.6 is 0 Å². The fourth-order valence-corrected chi connectivity index (χ4v) is 4.17. The van der Waals surface area contributed by atoms with Crippen molar-refractivity contribution in [3.8, 4) is 22.5 Å². The van der Waals surface area contributed by atoms with E-state index in [0.717, 1.165) is 6.07 Å². The van der Waals surface area contributed by atoms with Gasteiger partial charge < -0.3 is 19.8 Å². The Hall–Kier alpha value is -4.79. The molecule has 0 bridgehead atoms. The van der Waals surface area contributed by atoms with Crippen molar-refractivity contribution in [1.29, 1.82) is 0 Å². The van der Waals surface area contributed by atoms with E-state index in [9.17, 15) is 23.2 Å². The van der Waals surface area contributed by atoms with E-state index < -0.39 is 29.4 Å². The molecule has 39 heavy (non-hydrogen) atoms. The third-order valence-electron chi connectivity index (χ3n) is 6.28. The number of carbonyl (C=O) groups excluding carboxylic acids is 3. The summed E-state index contributed by atoms with van der Waals surface area (Å²) < 4.78 is 39.2. The van der Waals surface area contributed by atoms with Crippen LogP contribution in [0.2, 0.25) is 0 Å². The number of allylic oxidation sites excluding steroid dienone is 1. The summed E-state index contributed by atoms with van der Waals surface area (Å²) in [6.45, 7) is 5.54. The minimum Gasteiger partial charge on any atom is -0.469 e. The van der Waals surface area contributed by atoms with E-state index in [1.54, 1.807) is 19.1 Å². The number of hydrogen-bond acceptors (Lipinski definition) is 5. The predicted molar refractivity (Wildman–Crippen MR) is 143 cm³/mol. The number of ether oxygens (including phenoxy) is 1. The molecular weight excluding hydrogens is 506 g/mol. The number of nitrogens with one attached hydrogen (secondary N) is 2. The maximum atomic E-state index is 14.7. The predicted octanol–water partition coefficient (Wildman–Crippen LogP) is 5.77. The molecule has 1 aromatic heterocycles. The zero-order valence-corrected chi connectivity index (χ0v) is 21.6. The first-order valence-electron chi connectivity index (χ1n) is 12.1. The van der Waals surface area contributed by atoms with Crippen molar-refractivity contribution in [3.63, 3.8) is 0 Å². The molecule has 0 unspecified atom stereocenters. The second kappa shape index (κ2) is 11.3. The van der Waals surface area contributed by atoms with Gasteiger partial charge in [0.05, 0.1) is 24.7 Å². The van der Waals surface area contributed by atoms with Gasteiger partial charge in [-0.05, 0) is 71.6 Å². The van der Waals surface area contributed by atoms with Gasteiger partial charge in [0.15, 0.2) is 0 Å². The summed E-state index contributed by atoms with van der Waals surface area (Å²) >= 11 is 0. The van der Waals surface area contributed by atoms with Crippen molar-refractivity contribution in [1.82, 2.24) is 10.6 Å². The van der Waals surface area contributed by atoms with E-state index in [1.807, 2.05) is 0 Å². The quantitative estimate of drug-likeness (QED) is 0.281. The Morgan fingerprint density at radius 2 is 1.67 bits per heavy atom. The van der Waals surface area contributed by atoms with Gasteiger partial charge in [0.1, 0.15) is 23.0 Å². The lowest BCUT2D eigenvalue weighted by atomic mass is 9.93.